The Bertz CT molecular complexity index is 368. The van der Waals surface area contributed by atoms with Gasteiger partial charge in [-0.2, -0.15) is 0 Å². The second-order valence-corrected chi connectivity index (χ2v) is 4.79. The predicted molar refractivity (Wildman–Crippen MR) is 73.7 cm³/mol. The predicted octanol–water partition coefficient (Wildman–Crippen LogP) is 0.646. The molecule has 0 unspecified atom stereocenters. The van der Waals surface area contributed by atoms with Gasteiger partial charge in [-0.15, -0.1) is 0 Å². The van der Waals surface area contributed by atoms with Crippen molar-refractivity contribution < 1.29 is 0 Å². The first-order valence-corrected chi connectivity index (χ1v) is 6.76. The first kappa shape index (κ1) is 13.2. The van der Waals surface area contributed by atoms with Gasteiger partial charge >= 0.3 is 0 Å². The molecule has 0 radical (unpaired) electrons. The van der Waals surface area contributed by atoms with Gasteiger partial charge in [0.05, 0.1) is 5.69 Å². The summed E-state index contributed by atoms with van der Waals surface area (Å²) < 4.78 is 0. The minimum atomic E-state index is 0.781. The van der Waals surface area contributed by atoms with Crippen LogP contribution < -0.4 is 10.6 Å². The van der Waals surface area contributed by atoms with Crippen LogP contribution in [-0.4, -0.2) is 54.1 Å². The molecule has 0 spiro atoms. The lowest BCUT2D eigenvalue weighted by atomic mass is 10.3. The van der Waals surface area contributed by atoms with E-state index in [4.69, 9.17) is 5.73 Å². The SMILES string of the molecule is Cc1nccnc1N1CCCN(CCCN)CC1. The molecule has 1 fully saturated rings. The van der Waals surface area contributed by atoms with Crippen LogP contribution in [0.1, 0.15) is 18.5 Å². The number of aromatic nitrogens is 2. The lowest BCUT2D eigenvalue weighted by Gasteiger charge is -2.23. The van der Waals surface area contributed by atoms with E-state index in [-0.39, 0.29) is 0 Å². The highest BCUT2D eigenvalue weighted by atomic mass is 15.2. The first-order valence-electron chi connectivity index (χ1n) is 6.76. The van der Waals surface area contributed by atoms with Gasteiger partial charge in [0, 0.05) is 32.0 Å². The number of nitrogens with two attached hydrogens (primary N) is 1. The zero-order valence-electron chi connectivity index (χ0n) is 11.2. The van der Waals surface area contributed by atoms with Crippen LogP contribution >= 0.6 is 0 Å². The van der Waals surface area contributed by atoms with E-state index < -0.39 is 0 Å². The molecule has 2 N–H and O–H groups in total. The molecule has 0 aliphatic carbocycles. The summed E-state index contributed by atoms with van der Waals surface area (Å²) in [5.74, 6) is 1.04. The van der Waals surface area contributed by atoms with Crippen LogP contribution in [0.5, 0.6) is 0 Å². The number of hydrogen-bond donors (Lipinski definition) is 1. The summed E-state index contributed by atoms with van der Waals surface area (Å²) in [6.07, 6.45) is 5.80. The molecule has 0 amide bonds. The highest BCUT2D eigenvalue weighted by molar-refractivity contribution is 5.42. The summed E-state index contributed by atoms with van der Waals surface area (Å²) in [5.41, 5.74) is 6.59. The quantitative estimate of drug-likeness (QED) is 0.849. The van der Waals surface area contributed by atoms with Crippen LogP contribution in [0.4, 0.5) is 5.82 Å². The second-order valence-electron chi connectivity index (χ2n) is 4.79. The summed E-state index contributed by atoms with van der Waals surface area (Å²) in [4.78, 5) is 13.6. The molecular formula is C13H23N5. The van der Waals surface area contributed by atoms with Crippen molar-refractivity contribution in [2.75, 3.05) is 44.2 Å². The molecule has 1 saturated heterocycles. The molecular weight excluding hydrogens is 226 g/mol. The van der Waals surface area contributed by atoms with E-state index in [2.05, 4.69) is 19.8 Å². The van der Waals surface area contributed by atoms with E-state index in [1.165, 1.54) is 6.42 Å². The molecule has 2 rings (SSSR count). The van der Waals surface area contributed by atoms with Gasteiger partial charge in [-0.1, -0.05) is 0 Å². The van der Waals surface area contributed by atoms with E-state index >= 15 is 0 Å². The van der Waals surface area contributed by atoms with Crippen LogP contribution in [0.15, 0.2) is 12.4 Å². The fraction of sp³-hybridized carbons (Fsp3) is 0.692. The topological polar surface area (TPSA) is 58.3 Å². The molecule has 5 heteroatoms. The maximum atomic E-state index is 5.57. The minimum absolute atomic E-state index is 0.781. The van der Waals surface area contributed by atoms with Gasteiger partial charge < -0.3 is 15.5 Å². The lowest BCUT2D eigenvalue weighted by molar-refractivity contribution is 0.291. The molecule has 1 aromatic heterocycles. The van der Waals surface area contributed by atoms with Gasteiger partial charge in [-0.05, 0) is 39.4 Å². The zero-order valence-corrected chi connectivity index (χ0v) is 11.2. The van der Waals surface area contributed by atoms with Crippen LogP contribution in [-0.2, 0) is 0 Å². The van der Waals surface area contributed by atoms with Crippen molar-refractivity contribution >= 4 is 5.82 Å². The number of aryl methyl sites for hydroxylation is 1. The van der Waals surface area contributed by atoms with Crippen molar-refractivity contribution in [3.8, 4) is 0 Å². The van der Waals surface area contributed by atoms with Gasteiger partial charge in [0.15, 0.2) is 0 Å². The Morgan fingerprint density at radius 3 is 2.78 bits per heavy atom. The van der Waals surface area contributed by atoms with Crippen molar-refractivity contribution in [3.63, 3.8) is 0 Å². The average molecular weight is 249 g/mol. The van der Waals surface area contributed by atoms with Gasteiger partial charge in [-0.25, -0.2) is 4.98 Å². The number of nitrogens with zero attached hydrogens (tertiary/aromatic N) is 4. The van der Waals surface area contributed by atoms with Crippen LogP contribution in [0.2, 0.25) is 0 Å². The summed E-state index contributed by atoms with van der Waals surface area (Å²) in [6, 6.07) is 0. The minimum Gasteiger partial charge on any atom is -0.354 e. The Kier molecular flexibility index (Phi) is 4.90. The molecule has 0 saturated carbocycles. The van der Waals surface area contributed by atoms with Crippen molar-refractivity contribution in [1.82, 2.24) is 14.9 Å². The summed E-state index contributed by atoms with van der Waals surface area (Å²) in [6.45, 7) is 8.28. The molecule has 2 heterocycles. The fourth-order valence-electron chi connectivity index (χ4n) is 2.43. The lowest BCUT2D eigenvalue weighted by Crippen LogP contribution is -2.32. The van der Waals surface area contributed by atoms with E-state index in [0.717, 1.165) is 57.2 Å². The zero-order chi connectivity index (χ0) is 12.8. The molecule has 0 bridgehead atoms. The van der Waals surface area contributed by atoms with E-state index in [1.807, 2.05) is 6.92 Å². The van der Waals surface area contributed by atoms with E-state index in [0.29, 0.717) is 0 Å². The number of anilines is 1. The standard InChI is InChI=1S/C13H23N5/c1-12-13(16-6-5-15-12)18-9-3-8-17(10-11-18)7-2-4-14/h5-6H,2-4,7-11,14H2,1H3. The average Bonchev–Trinajstić information content (AvgIpc) is 2.62. The number of hydrogen-bond acceptors (Lipinski definition) is 5. The molecule has 5 nitrogen and oxygen atoms in total. The number of rotatable bonds is 4. The Morgan fingerprint density at radius 2 is 2.00 bits per heavy atom. The Balaban J connectivity index is 1.95. The Morgan fingerprint density at radius 1 is 1.17 bits per heavy atom. The summed E-state index contributed by atoms with van der Waals surface area (Å²) >= 11 is 0. The second kappa shape index (κ2) is 6.66. The smallest absolute Gasteiger partial charge is 0.150 e. The van der Waals surface area contributed by atoms with Gasteiger partial charge in [0.1, 0.15) is 5.82 Å². The first-order chi connectivity index (χ1) is 8.81. The maximum Gasteiger partial charge on any atom is 0.150 e. The highest BCUT2D eigenvalue weighted by Crippen LogP contribution is 2.16. The molecule has 1 aliphatic rings. The van der Waals surface area contributed by atoms with Crippen molar-refractivity contribution in [2.45, 2.75) is 19.8 Å². The Hall–Kier alpha value is -1.20. The molecule has 1 aliphatic heterocycles. The normalized spacial score (nSPS) is 17.8. The van der Waals surface area contributed by atoms with Crippen molar-refractivity contribution in [1.29, 1.82) is 0 Å². The monoisotopic (exact) mass is 249 g/mol. The molecule has 1 aromatic rings. The highest BCUT2D eigenvalue weighted by Gasteiger charge is 2.17. The summed E-state index contributed by atoms with van der Waals surface area (Å²) in [7, 11) is 0. The molecule has 0 aromatic carbocycles. The molecule has 100 valence electrons. The third-order valence-electron chi connectivity index (χ3n) is 3.42. The largest absolute Gasteiger partial charge is 0.354 e. The van der Waals surface area contributed by atoms with Crippen LogP contribution in [0.3, 0.4) is 0 Å². The van der Waals surface area contributed by atoms with Gasteiger partial charge in [0.2, 0.25) is 0 Å². The van der Waals surface area contributed by atoms with E-state index in [9.17, 15) is 0 Å². The van der Waals surface area contributed by atoms with Crippen molar-refractivity contribution in [2.24, 2.45) is 5.73 Å². The third-order valence-corrected chi connectivity index (χ3v) is 3.42. The third kappa shape index (κ3) is 3.40. The van der Waals surface area contributed by atoms with E-state index in [1.54, 1.807) is 12.4 Å². The Labute approximate surface area is 109 Å². The van der Waals surface area contributed by atoms with Crippen LogP contribution in [0.25, 0.3) is 0 Å². The molecule has 18 heavy (non-hydrogen) atoms. The van der Waals surface area contributed by atoms with Gasteiger partial charge in [0.25, 0.3) is 0 Å². The summed E-state index contributed by atoms with van der Waals surface area (Å²) in [5, 5.41) is 0. The van der Waals surface area contributed by atoms with Crippen LogP contribution in [0, 0.1) is 6.92 Å². The maximum absolute atomic E-state index is 5.57. The fourth-order valence-corrected chi connectivity index (χ4v) is 2.43. The molecule has 0 atom stereocenters. The van der Waals surface area contributed by atoms with Gasteiger partial charge in [-0.3, -0.25) is 4.98 Å². The van der Waals surface area contributed by atoms with Crippen molar-refractivity contribution in [3.05, 3.63) is 18.1 Å².